The van der Waals surface area contributed by atoms with Crippen molar-refractivity contribution in [3.8, 4) is 0 Å². The minimum absolute atomic E-state index is 0.126. The van der Waals surface area contributed by atoms with Crippen molar-refractivity contribution in [2.24, 2.45) is 0 Å². The Balaban J connectivity index is 1.89. The molecule has 0 bridgehead atoms. The number of fused-ring (bicyclic) bond motifs is 2. The molecule has 0 saturated heterocycles. The molecule has 2 heterocycles. The number of halogens is 1. The molecule has 0 radical (unpaired) electrons. The summed E-state index contributed by atoms with van der Waals surface area (Å²) in [5.74, 6) is 0.108. The van der Waals surface area contributed by atoms with E-state index < -0.39 is 0 Å². The molecule has 126 valence electrons. The van der Waals surface area contributed by atoms with Crippen molar-refractivity contribution in [1.29, 1.82) is 0 Å². The van der Waals surface area contributed by atoms with Gasteiger partial charge in [0.2, 0.25) is 5.91 Å². The number of rotatable bonds is 2. The molecule has 0 spiro atoms. The van der Waals surface area contributed by atoms with Crippen molar-refractivity contribution in [1.82, 2.24) is 0 Å². The minimum atomic E-state index is -0.219. The van der Waals surface area contributed by atoms with E-state index >= 15 is 0 Å². The van der Waals surface area contributed by atoms with Crippen LogP contribution in [-0.2, 0) is 20.9 Å². The summed E-state index contributed by atoms with van der Waals surface area (Å²) < 4.78 is 5.82. The molecule has 2 aromatic carbocycles. The fourth-order valence-electron chi connectivity index (χ4n) is 3.08. The van der Waals surface area contributed by atoms with E-state index in [1.165, 1.54) is 0 Å². The molecule has 25 heavy (non-hydrogen) atoms. The number of nitrogens with one attached hydrogen (secondary N) is 2. The van der Waals surface area contributed by atoms with E-state index in [2.05, 4.69) is 10.6 Å². The zero-order chi connectivity index (χ0) is 17.6. The van der Waals surface area contributed by atoms with E-state index in [9.17, 15) is 9.59 Å². The van der Waals surface area contributed by atoms with Crippen molar-refractivity contribution >= 4 is 46.1 Å². The van der Waals surface area contributed by atoms with Gasteiger partial charge >= 0.3 is 0 Å². The molecular weight excluding hydrogens is 340 g/mol. The number of hydrogen-bond donors (Lipinski definition) is 2. The van der Waals surface area contributed by atoms with Crippen LogP contribution in [0, 0.1) is 0 Å². The van der Waals surface area contributed by atoms with Gasteiger partial charge in [-0.1, -0.05) is 42.8 Å². The van der Waals surface area contributed by atoms with Crippen molar-refractivity contribution in [2.45, 2.75) is 20.0 Å². The van der Waals surface area contributed by atoms with Crippen LogP contribution in [0.3, 0.4) is 0 Å². The molecule has 0 fully saturated rings. The molecule has 2 aliphatic rings. The zero-order valence-corrected chi connectivity index (χ0v) is 14.2. The molecule has 0 atom stereocenters. The fraction of sp³-hybridized carbons (Fsp3) is 0.158. The normalized spacial score (nSPS) is 17.6. The first-order valence-corrected chi connectivity index (χ1v) is 8.37. The van der Waals surface area contributed by atoms with E-state index in [1.807, 2.05) is 30.3 Å². The second kappa shape index (κ2) is 5.93. The summed E-state index contributed by atoms with van der Waals surface area (Å²) in [4.78, 5) is 24.2. The lowest BCUT2D eigenvalue weighted by molar-refractivity contribution is -0.116. The summed E-state index contributed by atoms with van der Waals surface area (Å²) in [6.07, 6.45) is 0.355. The zero-order valence-electron chi connectivity index (χ0n) is 13.5. The lowest BCUT2D eigenvalue weighted by atomic mass is 10.00. The average molecular weight is 355 g/mol. The predicted molar refractivity (Wildman–Crippen MR) is 97.0 cm³/mol. The highest BCUT2D eigenvalue weighted by atomic mass is 35.5. The number of benzene rings is 2. The van der Waals surface area contributed by atoms with Crippen LogP contribution in [0.5, 0.6) is 0 Å². The maximum absolute atomic E-state index is 12.5. The van der Waals surface area contributed by atoms with Crippen LogP contribution >= 0.6 is 11.6 Å². The number of ether oxygens (including phenoxy) is 1. The highest BCUT2D eigenvalue weighted by Crippen LogP contribution is 2.45. The smallest absolute Gasteiger partial charge is 0.260 e. The maximum Gasteiger partial charge on any atom is 0.260 e. The van der Waals surface area contributed by atoms with Gasteiger partial charge in [-0.25, -0.2) is 0 Å². The van der Waals surface area contributed by atoms with Crippen LogP contribution in [-0.4, -0.2) is 11.8 Å². The van der Waals surface area contributed by atoms with Crippen LogP contribution < -0.4 is 10.6 Å². The summed E-state index contributed by atoms with van der Waals surface area (Å²) >= 11 is 6.54. The first-order chi connectivity index (χ1) is 12.1. The van der Waals surface area contributed by atoms with Gasteiger partial charge in [0.25, 0.3) is 5.91 Å². The number of anilines is 2. The Morgan fingerprint density at radius 2 is 2.08 bits per heavy atom. The number of para-hydroxylation sites is 1. The molecule has 2 aromatic rings. The molecular formula is C19H15ClN2O3. The second-order valence-electron chi connectivity index (χ2n) is 5.86. The molecule has 0 saturated carbocycles. The molecule has 2 aliphatic heterocycles. The Morgan fingerprint density at radius 3 is 2.88 bits per heavy atom. The van der Waals surface area contributed by atoms with Gasteiger partial charge in [0.05, 0.1) is 16.3 Å². The molecule has 0 unspecified atom stereocenters. The first kappa shape index (κ1) is 15.7. The lowest BCUT2D eigenvalue weighted by Crippen LogP contribution is -2.10. The fourth-order valence-corrected chi connectivity index (χ4v) is 3.40. The quantitative estimate of drug-likeness (QED) is 0.800. The molecule has 5 nitrogen and oxygen atoms in total. The topological polar surface area (TPSA) is 67.4 Å². The summed E-state index contributed by atoms with van der Waals surface area (Å²) in [6.45, 7) is 2.11. The molecule has 6 heteroatoms. The molecule has 4 rings (SSSR count). The summed E-state index contributed by atoms with van der Waals surface area (Å²) in [6, 6.07) is 11.1. The molecule has 0 aliphatic carbocycles. The minimum Gasteiger partial charge on any atom is -0.487 e. The third-order valence-corrected chi connectivity index (χ3v) is 4.71. The van der Waals surface area contributed by atoms with E-state index in [0.29, 0.717) is 40.6 Å². The SMILES string of the molecule is CCC(=O)Nc1ccc2c(c1Cl)C(=C1C(=O)Nc3ccccc31)OC2. The van der Waals surface area contributed by atoms with Gasteiger partial charge in [-0.15, -0.1) is 0 Å². The van der Waals surface area contributed by atoms with Gasteiger partial charge in [0, 0.05) is 28.8 Å². The van der Waals surface area contributed by atoms with Gasteiger partial charge in [0.1, 0.15) is 12.4 Å². The van der Waals surface area contributed by atoms with Crippen LogP contribution in [0.2, 0.25) is 5.02 Å². The number of amides is 2. The van der Waals surface area contributed by atoms with Crippen molar-refractivity contribution in [2.75, 3.05) is 10.6 Å². The van der Waals surface area contributed by atoms with E-state index in [4.69, 9.17) is 16.3 Å². The van der Waals surface area contributed by atoms with E-state index in [-0.39, 0.29) is 11.8 Å². The van der Waals surface area contributed by atoms with Crippen LogP contribution in [0.4, 0.5) is 11.4 Å². The molecule has 2 N–H and O–H groups in total. The standard InChI is InChI=1S/C19H15ClN2O3/c1-2-14(23)21-13-8-7-10-9-25-18(15(10)17(13)20)16-11-5-3-4-6-12(11)22-19(16)24/h3-8H,2,9H2,1H3,(H,21,23)(H,22,24). The van der Waals surface area contributed by atoms with Crippen molar-refractivity contribution in [3.63, 3.8) is 0 Å². The highest BCUT2D eigenvalue weighted by molar-refractivity contribution is 6.39. The number of hydrogen-bond acceptors (Lipinski definition) is 3. The third kappa shape index (κ3) is 2.48. The average Bonchev–Trinajstić information content (AvgIpc) is 3.17. The van der Waals surface area contributed by atoms with Gasteiger partial charge in [-0.3, -0.25) is 9.59 Å². The Hall–Kier alpha value is -2.79. The second-order valence-corrected chi connectivity index (χ2v) is 6.23. The monoisotopic (exact) mass is 354 g/mol. The van der Waals surface area contributed by atoms with Crippen molar-refractivity contribution < 1.29 is 14.3 Å². The highest BCUT2D eigenvalue weighted by Gasteiger charge is 2.34. The summed E-state index contributed by atoms with van der Waals surface area (Å²) in [5, 5.41) is 6.01. The van der Waals surface area contributed by atoms with Gasteiger partial charge in [-0.2, -0.15) is 0 Å². The van der Waals surface area contributed by atoms with Gasteiger partial charge in [0.15, 0.2) is 0 Å². The third-order valence-electron chi connectivity index (χ3n) is 4.32. The summed E-state index contributed by atoms with van der Waals surface area (Å²) in [7, 11) is 0. The molecule has 2 amide bonds. The predicted octanol–water partition coefficient (Wildman–Crippen LogP) is 4.04. The van der Waals surface area contributed by atoms with Crippen molar-refractivity contribution in [3.05, 3.63) is 58.1 Å². The van der Waals surface area contributed by atoms with Crippen LogP contribution in [0.1, 0.15) is 30.0 Å². The lowest BCUT2D eigenvalue weighted by Gasteiger charge is -2.11. The Kier molecular flexibility index (Phi) is 3.73. The Morgan fingerprint density at radius 1 is 1.28 bits per heavy atom. The van der Waals surface area contributed by atoms with E-state index in [1.54, 1.807) is 13.0 Å². The number of carbonyl (C=O) groups is 2. The first-order valence-electron chi connectivity index (χ1n) is 7.99. The Labute approximate surface area is 149 Å². The van der Waals surface area contributed by atoms with Gasteiger partial charge in [-0.05, 0) is 12.1 Å². The maximum atomic E-state index is 12.5. The Bertz CT molecular complexity index is 950. The largest absolute Gasteiger partial charge is 0.487 e. The molecule has 0 aromatic heterocycles. The summed E-state index contributed by atoms with van der Waals surface area (Å²) in [5.41, 5.74) is 4.07. The number of carbonyl (C=O) groups excluding carboxylic acids is 2. The van der Waals surface area contributed by atoms with Crippen LogP contribution in [0.15, 0.2) is 36.4 Å². The van der Waals surface area contributed by atoms with Gasteiger partial charge < -0.3 is 15.4 Å². The van der Waals surface area contributed by atoms with E-state index in [0.717, 1.165) is 16.8 Å². The van der Waals surface area contributed by atoms with Crippen LogP contribution in [0.25, 0.3) is 11.3 Å².